The maximum atomic E-state index is 5.81. The second-order valence-electron chi connectivity index (χ2n) is 4.73. The minimum atomic E-state index is 0.177. The Labute approximate surface area is 96.8 Å². The van der Waals surface area contributed by atoms with Gasteiger partial charge in [0, 0.05) is 44.6 Å². The quantitative estimate of drug-likeness (QED) is 0.834. The van der Waals surface area contributed by atoms with Crippen molar-refractivity contribution in [3.8, 4) is 0 Å². The van der Waals surface area contributed by atoms with Gasteiger partial charge in [0.05, 0.1) is 0 Å². The molecule has 0 bridgehead atoms. The van der Waals surface area contributed by atoms with Gasteiger partial charge in [-0.15, -0.1) is 0 Å². The summed E-state index contributed by atoms with van der Waals surface area (Å²) < 4.78 is 7.62. The first-order valence-corrected chi connectivity index (χ1v) is 6.09. The molecule has 0 aromatic carbocycles. The smallest absolute Gasteiger partial charge is 0.110 e. The topological polar surface area (TPSA) is 53.1 Å². The summed E-state index contributed by atoms with van der Waals surface area (Å²) in [6.07, 6.45) is 7.12. The molecule has 4 nitrogen and oxygen atoms in total. The normalized spacial score (nSPS) is 19.9. The van der Waals surface area contributed by atoms with Crippen LogP contribution in [0.2, 0.25) is 0 Å². The van der Waals surface area contributed by atoms with Crippen LogP contribution in [0.4, 0.5) is 0 Å². The molecule has 2 N–H and O–H groups in total. The average Bonchev–Trinajstić information content (AvgIpc) is 2.66. The predicted octanol–water partition coefficient (Wildman–Crippen LogP) is 1.20. The highest BCUT2D eigenvalue weighted by Gasteiger charge is 2.15. The molecular formula is C12H21N3O. The zero-order valence-corrected chi connectivity index (χ0v) is 9.93. The molecule has 4 heteroatoms. The van der Waals surface area contributed by atoms with Crippen LogP contribution in [0, 0.1) is 5.92 Å². The first-order chi connectivity index (χ1) is 7.75. The van der Waals surface area contributed by atoms with Gasteiger partial charge in [-0.1, -0.05) is 0 Å². The average molecular weight is 223 g/mol. The maximum Gasteiger partial charge on any atom is 0.110 e. The van der Waals surface area contributed by atoms with Crippen LogP contribution in [-0.2, 0) is 17.7 Å². The summed E-state index contributed by atoms with van der Waals surface area (Å²) in [5.41, 5.74) is 5.81. The number of hydrogen-bond acceptors (Lipinski definition) is 3. The van der Waals surface area contributed by atoms with E-state index in [9.17, 15) is 0 Å². The fourth-order valence-corrected chi connectivity index (χ4v) is 2.19. The fourth-order valence-electron chi connectivity index (χ4n) is 2.19. The second kappa shape index (κ2) is 5.46. The van der Waals surface area contributed by atoms with Crippen molar-refractivity contribution in [2.75, 3.05) is 13.2 Å². The Bertz CT molecular complexity index is 316. The lowest BCUT2D eigenvalue weighted by Crippen LogP contribution is -2.24. The van der Waals surface area contributed by atoms with Crippen molar-refractivity contribution < 1.29 is 4.74 Å². The molecule has 1 unspecified atom stereocenters. The van der Waals surface area contributed by atoms with Gasteiger partial charge in [0.15, 0.2) is 0 Å². The van der Waals surface area contributed by atoms with E-state index in [0.29, 0.717) is 0 Å². The van der Waals surface area contributed by atoms with Gasteiger partial charge in [0.2, 0.25) is 0 Å². The molecule has 0 saturated carbocycles. The number of aromatic nitrogens is 2. The Kier molecular flexibility index (Phi) is 3.96. The summed E-state index contributed by atoms with van der Waals surface area (Å²) >= 11 is 0. The molecule has 1 fully saturated rings. The largest absolute Gasteiger partial charge is 0.381 e. The monoisotopic (exact) mass is 223 g/mol. The predicted molar refractivity (Wildman–Crippen MR) is 63.1 cm³/mol. The van der Waals surface area contributed by atoms with E-state index in [1.807, 2.05) is 13.1 Å². The molecule has 2 heterocycles. The highest BCUT2D eigenvalue weighted by atomic mass is 16.5. The molecule has 1 aromatic rings. The number of nitrogens with two attached hydrogens (primary N) is 1. The van der Waals surface area contributed by atoms with E-state index in [-0.39, 0.29) is 6.04 Å². The van der Waals surface area contributed by atoms with Crippen LogP contribution in [0.3, 0.4) is 0 Å². The Balaban J connectivity index is 1.94. The number of hydrogen-bond donors (Lipinski definition) is 1. The van der Waals surface area contributed by atoms with Gasteiger partial charge in [0.25, 0.3) is 0 Å². The van der Waals surface area contributed by atoms with Gasteiger partial charge in [-0.05, 0) is 25.7 Å². The molecule has 1 aliphatic heterocycles. The number of imidazole rings is 1. The fraction of sp³-hybridized carbons (Fsp3) is 0.750. The van der Waals surface area contributed by atoms with Crippen molar-refractivity contribution in [1.82, 2.24) is 9.55 Å². The van der Waals surface area contributed by atoms with E-state index < -0.39 is 0 Å². The van der Waals surface area contributed by atoms with Gasteiger partial charge in [-0.2, -0.15) is 0 Å². The third-order valence-corrected chi connectivity index (χ3v) is 3.10. The third kappa shape index (κ3) is 3.06. The SMILES string of the molecule is CC(N)Cc1nccn1CC1CCOCC1. The van der Waals surface area contributed by atoms with Crippen LogP contribution >= 0.6 is 0 Å². The van der Waals surface area contributed by atoms with E-state index in [0.717, 1.165) is 50.8 Å². The van der Waals surface area contributed by atoms with Gasteiger partial charge in [-0.3, -0.25) is 0 Å². The molecule has 1 aromatic heterocycles. The van der Waals surface area contributed by atoms with Crippen molar-refractivity contribution in [2.45, 2.75) is 38.8 Å². The Morgan fingerprint density at radius 1 is 1.56 bits per heavy atom. The van der Waals surface area contributed by atoms with Crippen LogP contribution in [0.25, 0.3) is 0 Å². The Hall–Kier alpha value is -0.870. The highest BCUT2D eigenvalue weighted by Crippen LogP contribution is 2.17. The van der Waals surface area contributed by atoms with E-state index in [2.05, 4.69) is 15.7 Å². The first-order valence-electron chi connectivity index (χ1n) is 6.09. The van der Waals surface area contributed by atoms with Gasteiger partial charge in [-0.25, -0.2) is 4.98 Å². The molecule has 0 radical (unpaired) electrons. The zero-order valence-electron chi connectivity index (χ0n) is 9.93. The Morgan fingerprint density at radius 3 is 3.00 bits per heavy atom. The molecule has 1 aliphatic rings. The van der Waals surface area contributed by atoms with Gasteiger partial charge in [0.1, 0.15) is 5.82 Å². The standard InChI is InChI=1S/C12H21N3O/c1-10(13)8-12-14-4-5-15(12)9-11-2-6-16-7-3-11/h4-5,10-11H,2-3,6-9,13H2,1H3. The zero-order chi connectivity index (χ0) is 11.4. The molecule has 1 atom stereocenters. The Morgan fingerprint density at radius 2 is 2.31 bits per heavy atom. The lowest BCUT2D eigenvalue weighted by Gasteiger charge is -2.23. The molecule has 2 rings (SSSR count). The molecule has 0 spiro atoms. The third-order valence-electron chi connectivity index (χ3n) is 3.10. The van der Waals surface area contributed by atoms with Crippen LogP contribution < -0.4 is 5.73 Å². The molecule has 90 valence electrons. The van der Waals surface area contributed by atoms with E-state index in [4.69, 9.17) is 10.5 Å². The number of nitrogens with zero attached hydrogens (tertiary/aromatic N) is 2. The second-order valence-corrected chi connectivity index (χ2v) is 4.73. The minimum Gasteiger partial charge on any atom is -0.381 e. The summed E-state index contributed by atoms with van der Waals surface area (Å²) in [4.78, 5) is 4.37. The van der Waals surface area contributed by atoms with Crippen molar-refractivity contribution in [3.63, 3.8) is 0 Å². The highest BCUT2D eigenvalue weighted by molar-refractivity contribution is 4.95. The lowest BCUT2D eigenvalue weighted by atomic mass is 10.0. The van der Waals surface area contributed by atoms with Crippen LogP contribution in [0.1, 0.15) is 25.6 Å². The number of rotatable bonds is 4. The van der Waals surface area contributed by atoms with Crippen LogP contribution in [0.15, 0.2) is 12.4 Å². The van der Waals surface area contributed by atoms with Crippen LogP contribution in [-0.4, -0.2) is 28.8 Å². The lowest BCUT2D eigenvalue weighted by molar-refractivity contribution is 0.0610. The molecule has 1 saturated heterocycles. The summed E-state index contributed by atoms with van der Waals surface area (Å²) in [7, 11) is 0. The minimum absolute atomic E-state index is 0.177. The van der Waals surface area contributed by atoms with Crippen molar-refractivity contribution in [2.24, 2.45) is 11.7 Å². The summed E-state index contributed by atoms with van der Waals surface area (Å²) in [5.74, 6) is 1.84. The van der Waals surface area contributed by atoms with Gasteiger partial charge < -0.3 is 15.0 Å². The summed E-state index contributed by atoms with van der Waals surface area (Å²) in [5, 5.41) is 0. The van der Waals surface area contributed by atoms with Gasteiger partial charge >= 0.3 is 0 Å². The number of ether oxygens (including phenoxy) is 1. The van der Waals surface area contributed by atoms with Crippen molar-refractivity contribution >= 4 is 0 Å². The maximum absolute atomic E-state index is 5.81. The van der Waals surface area contributed by atoms with Crippen molar-refractivity contribution in [3.05, 3.63) is 18.2 Å². The molecule has 0 amide bonds. The van der Waals surface area contributed by atoms with E-state index >= 15 is 0 Å². The molecule has 16 heavy (non-hydrogen) atoms. The first kappa shape index (κ1) is 11.6. The molecular weight excluding hydrogens is 202 g/mol. The molecule has 0 aliphatic carbocycles. The summed E-state index contributed by atoms with van der Waals surface area (Å²) in [6, 6.07) is 0.177. The van der Waals surface area contributed by atoms with E-state index in [1.165, 1.54) is 0 Å². The van der Waals surface area contributed by atoms with Crippen LogP contribution in [0.5, 0.6) is 0 Å². The summed E-state index contributed by atoms with van der Waals surface area (Å²) in [6.45, 7) is 4.89. The van der Waals surface area contributed by atoms with E-state index in [1.54, 1.807) is 0 Å². The van der Waals surface area contributed by atoms with Crippen molar-refractivity contribution in [1.29, 1.82) is 0 Å².